The first kappa shape index (κ1) is 13.6. The van der Waals surface area contributed by atoms with Crippen LogP contribution in [0.5, 0.6) is 0 Å². The third-order valence-electron chi connectivity index (χ3n) is 3.58. The van der Waals surface area contributed by atoms with Crippen molar-refractivity contribution in [2.75, 3.05) is 18.0 Å². The van der Waals surface area contributed by atoms with Crippen LogP contribution < -0.4 is 10.2 Å². The van der Waals surface area contributed by atoms with Gasteiger partial charge in [-0.05, 0) is 31.0 Å². The van der Waals surface area contributed by atoms with Gasteiger partial charge in [0.05, 0.1) is 0 Å². The van der Waals surface area contributed by atoms with Gasteiger partial charge in [-0.2, -0.15) is 0 Å². The van der Waals surface area contributed by atoms with Crippen molar-refractivity contribution in [3.63, 3.8) is 0 Å². The summed E-state index contributed by atoms with van der Waals surface area (Å²) in [5.74, 6) is 0.286. The van der Waals surface area contributed by atoms with Crippen LogP contribution in [-0.4, -0.2) is 25.2 Å². The zero-order valence-electron chi connectivity index (χ0n) is 11.1. The minimum absolute atomic E-state index is 0.274. The Labute approximate surface area is 113 Å². The standard InChI is InChI=1S/C14H20ClFN2/c1-9(2)14-8-18(10(3)7-17-14)13-5-11(15)4-12(16)6-13/h4-6,9-10,14,17H,7-8H2,1-3H3. The summed E-state index contributed by atoms with van der Waals surface area (Å²) in [6.45, 7) is 8.34. The van der Waals surface area contributed by atoms with Crippen molar-refractivity contribution in [2.45, 2.75) is 32.9 Å². The largest absolute Gasteiger partial charge is 0.366 e. The number of anilines is 1. The number of piperazine rings is 1. The highest BCUT2D eigenvalue weighted by molar-refractivity contribution is 6.30. The predicted octanol–water partition coefficient (Wildman–Crippen LogP) is 3.30. The molecule has 2 unspecified atom stereocenters. The summed E-state index contributed by atoms with van der Waals surface area (Å²) in [4.78, 5) is 2.23. The number of rotatable bonds is 2. The van der Waals surface area contributed by atoms with Gasteiger partial charge in [-0.3, -0.25) is 0 Å². The molecule has 4 heteroatoms. The molecule has 0 amide bonds. The summed E-state index contributed by atoms with van der Waals surface area (Å²) >= 11 is 5.93. The summed E-state index contributed by atoms with van der Waals surface area (Å²) in [5.41, 5.74) is 0.875. The molecule has 0 bridgehead atoms. The van der Waals surface area contributed by atoms with Gasteiger partial charge < -0.3 is 10.2 Å². The second-order valence-electron chi connectivity index (χ2n) is 5.39. The quantitative estimate of drug-likeness (QED) is 0.887. The number of hydrogen-bond acceptors (Lipinski definition) is 2. The van der Waals surface area contributed by atoms with Crippen LogP contribution in [-0.2, 0) is 0 Å². The molecule has 0 aliphatic carbocycles. The number of halogens is 2. The number of nitrogens with zero attached hydrogens (tertiary/aromatic N) is 1. The summed E-state index contributed by atoms with van der Waals surface area (Å²) in [6.07, 6.45) is 0. The van der Waals surface area contributed by atoms with E-state index in [9.17, 15) is 4.39 Å². The van der Waals surface area contributed by atoms with Crippen LogP contribution in [0.2, 0.25) is 5.02 Å². The first-order chi connectivity index (χ1) is 8.47. The van der Waals surface area contributed by atoms with Gasteiger partial charge in [0.1, 0.15) is 5.82 Å². The topological polar surface area (TPSA) is 15.3 Å². The van der Waals surface area contributed by atoms with Crippen LogP contribution in [0.4, 0.5) is 10.1 Å². The Balaban J connectivity index is 2.23. The molecule has 0 saturated carbocycles. The second-order valence-corrected chi connectivity index (χ2v) is 5.82. The molecule has 0 radical (unpaired) electrons. The van der Waals surface area contributed by atoms with Gasteiger partial charge in [0.2, 0.25) is 0 Å². The minimum Gasteiger partial charge on any atom is -0.366 e. The number of nitrogens with one attached hydrogen (secondary N) is 1. The lowest BCUT2D eigenvalue weighted by atomic mass is 9.99. The first-order valence-corrected chi connectivity index (χ1v) is 6.81. The number of hydrogen-bond donors (Lipinski definition) is 1. The molecule has 2 atom stereocenters. The molecule has 1 aromatic rings. The Kier molecular flexibility index (Phi) is 4.13. The Morgan fingerprint density at radius 1 is 1.39 bits per heavy atom. The molecule has 1 saturated heterocycles. The van der Waals surface area contributed by atoms with Gasteiger partial charge >= 0.3 is 0 Å². The predicted molar refractivity (Wildman–Crippen MR) is 74.8 cm³/mol. The molecule has 1 aromatic carbocycles. The van der Waals surface area contributed by atoms with Crippen LogP contribution in [0.3, 0.4) is 0 Å². The fourth-order valence-corrected chi connectivity index (χ4v) is 2.62. The van der Waals surface area contributed by atoms with E-state index in [-0.39, 0.29) is 5.82 Å². The summed E-state index contributed by atoms with van der Waals surface area (Å²) in [5, 5.41) is 3.98. The van der Waals surface area contributed by atoms with E-state index < -0.39 is 0 Å². The van der Waals surface area contributed by atoms with E-state index in [2.05, 4.69) is 31.0 Å². The van der Waals surface area contributed by atoms with Crippen molar-refractivity contribution in [3.8, 4) is 0 Å². The zero-order chi connectivity index (χ0) is 13.3. The van der Waals surface area contributed by atoms with Crippen molar-refractivity contribution < 1.29 is 4.39 Å². The van der Waals surface area contributed by atoms with Crippen molar-refractivity contribution >= 4 is 17.3 Å². The normalized spacial score (nSPS) is 24.7. The third-order valence-corrected chi connectivity index (χ3v) is 3.80. The van der Waals surface area contributed by atoms with Crippen molar-refractivity contribution in [2.24, 2.45) is 5.92 Å². The minimum atomic E-state index is -0.274. The highest BCUT2D eigenvalue weighted by Gasteiger charge is 2.27. The summed E-state index contributed by atoms with van der Waals surface area (Å²) in [7, 11) is 0. The fourth-order valence-electron chi connectivity index (χ4n) is 2.40. The first-order valence-electron chi connectivity index (χ1n) is 6.43. The lowest BCUT2D eigenvalue weighted by Gasteiger charge is -2.42. The molecule has 1 aliphatic heterocycles. The molecule has 1 fully saturated rings. The highest BCUT2D eigenvalue weighted by atomic mass is 35.5. The maximum atomic E-state index is 13.4. The SMILES string of the molecule is CC(C)C1CN(c2cc(F)cc(Cl)c2)C(C)CN1. The van der Waals surface area contributed by atoms with Crippen LogP contribution >= 0.6 is 11.6 Å². The Hall–Kier alpha value is -0.800. The smallest absolute Gasteiger partial charge is 0.126 e. The average molecular weight is 271 g/mol. The molecule has 2 nitrogen and oxygen atoms in total. The van der Waals surface area contributed by atoms with E-state index >= 15 is 0 Å². The van der Waals surface area contributed by atoms with Gasteiger partial charge in [-0.15, -0.1) is 0 Å². The molecule has 1 N–H and O–H groups in total. The van der Waals surface area contributed by atoms with E-state index in [1.54, 1.807) is 6.07 Å². The Bertz CT molecular complexity index is 402. The molecular formula is C14H20ClFN2. The molecule has 2 rings (SSSR count). The number of benzene rings is 1. The van der Waals surface area contributed by atoms with Crippen LogP contribution in [0.25, 0.3) is 0 Å². The van der Waals surface area contributed by atoms with E-state index in [1.165, 1.54) is 6.07 Å². The van der Waals surface area contributed by atoms with E-state index in [0.717, 1.165) is 18.8 Å². The van der Waals surface area contributed by atoms with Crippen LogP contribution in [0.1, 0.15) is 20.8 Å². The van der Waals surface area contributed by atoms with Gasteiger partial charge in [0.25, 0.3) is 0 Å². The molecular weight excluding hydrogens is 251 g/mol. The summed E-state index contributed by atoms with van der Waals surface area (Å²) < 4.78 is 13.4. The maximum absolute atomic E-state index is 13.4. The monoisotopic (exact) mass is 270 g/mol. The Morgan fingerprint density at radius 2 is 2.11 bits per heavy atom. The van der Waals surface area contributed by atoms with Crippen LogP contribution in [0.15, 0.2) is 18.2 Å². The van der Waals surface area contributed by atoms with E-state index in [0.29, 0.717) is 23.0 Å². The maximum Gasteiger partial charge on any atom is 0.126 e. The molecule has 1 heterocycles. The van der Waals surface area contributed by atoms with E-state index in [1.807, 2.05) is 6.07 Å². The second kappa shape index (κ2) is 5.45. The van der Waals surface area contributed by atoms with Crippen molar-refractivity contribution in [1.29, 1.82) is 0 Å². The van der Waals surface area contributed by atoms with Crippen molar-refractivity contribution in [3.05, 3.63) is 29.0 Å². The molecule has 100 valence electrons. The average Bonchev–Trinajstić information content (AvgIpc) is 2.27. The lowest BCUT2D eigenvalue weighted by Crippen LogP contribution is -2.57. The van der Waals surface area contributed by atoms with Gasteiger partial charge in [0, 0.05) is 35.9 Å². The van der Waals surface area contributed by atoms with Crippen molar-refractivity contribution in [1.82, 2.24) is 5.32 Å². The van der Waals surface area contributed by atoms with Gasteiger partial charge in [0.15, 0.2) is 0 Å². The lowest BCUT2D eigenvalue weighted by molar-refractivity contribution is 0.337. The Morgan fingerprint density at radius 3 is 2.72 bits per heavy atom. The van der Waals surface area contributed by atoms with Gasteiger partial charge in [-0.25, -0.2) is 4.39 Å². The zero-order valence-corrected chi connectivity index (χ0v) is 11.8. The van der Waals surface area contributed by atoms with Crippen LogP contribution in [0, 0.1) is 11.7 Å². The van der Waals surface area contributed by atoms with E-state index in [4.69, 9.17) is 11.6 Å². The summed E-state index contributed by atoms with van der Waals surface area (Å²) in [6, 6.07) is 5.52. The van der Waals surface area contributed by atoms with Gasteiger partial charge in [-0.1, -0.05) is 25.4 Å². The fraction of sp³-hybridized carbons (Fsp3) is 0.571. The molecule has 0 spiro atoms. The third kappa shape index (κ3) is 2.96. The molecule has 0 aromatic heterocycles. The molecule has 18 heavy (non-hydrogen) atoms. The highest BCUT2D eigenvalue weighted by Crippen LogP contribution is 2.26. The molecule has 1 aliphatic rings.